The van der Waals surface area contributed by atoms with E-state index >= 15 is 0 Å². The molecule has 14 atom stereocenters. The number of morpholine rings is 1. The van der Waals surface area contributed by atoms with E-state index in [2.05, 4.69) is 39.5 Å². The zero-order chi connectivity index (χ0) is 32.9. The normalized spacial score (nSPS) is 49.6. The summed E-state index contributed by atoms with van der Waals surface area (Å²) in [6, 6.07) is 0.382. The Morgan fingerprint density at radius 2 is 1.80 bits per heavy atom. The second-order valence-corrected chi connectivity index (χ2v) is 18.6. The van der Waals surface area contributed by atoms with Crippen molar-refractivity contribution in [2.75, 3.05) is 40.0 Å². The first-order chi connectivity index (χ1) is 21.7. The highest BCUT2D eigenvalue weighted by molar-refractivity contribution is 5.29. The quantitative estimate of drug-likeness (QED) is 0.300. The van der Waals surface area contributed by atoms with Gasteiger partial charge in [-0.3, -0.25) is 4.90 Å². The van der Waals surface area contributed by atoms with Crippen LogP contribution in [0, 0.1) is 51.2 Å². The minimum atomic E-state index is -0.911. The molecular weight excluding hydrogens is 578 g/mol. The van der Waals surface area contributed by atoms with Crippen LogP contribution in [0.1, 0.15) is 113 Å². The molecule has 7 fully saturated rings. The predicted molar refractivity (Wildman–Crippen MR) is 179 cm³/mol. The summed E-state index contributed by atoms with van der Waals surface area (Å²) in [6.07, 6.45) is 11.7. The SMILES string of the molecule is CCO[C@@H](C1C[C@@H](C)[C@H]2C(CC3C4CC[C@H]5C(C)(C)[C@@H](OC6CN([C@@H](C)COC)CCO6)CC[C@@]56CC46CC[C@@]32C)O1)C(C)(C)O. The minimum Gasteiger partial charge on any atom is -0.388 e. The Morgan fingerprint density at radius 3 is 2.52 bits per heavy atom. The Balaban J connectivity index is 1.06. The smallest absolute Gasteiger partial charge is 0.170 e. The first kappa shape index (κ1) is 34.2. The van der Waals surface area contributed by atoms with Crippen molar-refractivity contribution in [1.29, 1.82) is 0 Å². The third-order valence-corrected chi connectivity index (χ3v) is 15.7. The molecule has 2 aliphatic heterocycles. The lowest BCUT2D eigenvalue weighted by Gasteiger charge is -2.60. The Bertz CT molecular complexity index is 1110. The summed E-state index contributed by atoms with van der Waals surface area (Å²) in [4.78, 5) is 2.47. The summed E-state index contributed by atoms with van der Waals surface area (Å²) in [5, 5.41) is 11.0. The highest BCUT2D eigenvalue weighted by Gasteiger charge is 2.81. The third kappa shape index (κ3) is 5.13. The van der Waals surface area contributed by atoms with E-state index in [4.69, 9.17) is 23.7 Å². The van der Waals surface area contributed by atoms with Gasteiger partial charge in [0.05, 0.1) is 37.1 Å². The van der Waals surface area contributed by atoms with Crippen molar-refractivity contribution in [3.63, 3.8) is 0 Å². The summed E-state index contributed by atoms with van der Waals surface area (Å²) >= 11 is 0. The molecule has 6 unspecified atom stereocenters. The number of nitrogens with zero attached hydrogens (tertiary/aromatic N) is 1. The van der Waals surface area contributed by atoms with Gasteiger partial charge in [-0.2, -0.15) is 0 Å². The molecule has 7 nitrogen and oxygen atoms in total. The maximum absolute atomic E-state index is 11.0. The molecule has 0 aromatic rings. The van der Waals surface area contributed by atoms with Crippen molar-refractivity contribution in [3.05, 3.63) is 0 Å². The zero-order valence-corrected chi connectivity index (χ0v) is 30.7. The number of methoxy groups -OCH3 is 1. The topological polar surface area (TPSA) is 69.6 Å². The van der Waals surface area contributed by atoms with Crippen LogP contribution < -0.4 is 0 Å². The van der Waals surface area contributed by atoms with Crippen molar-refractivity contribution in [2.45, 2.75) is 156 Å². The van der Waals surface area contributed by atoms with Crippen LogP contribution in [-0.2, 0) is 23.7 Å². The van der Waals surface area contributed by atoms with E-state index in [-0.39, 0.29) is 30.0 Å². The molecule has 5 aliphatic carbocycles. The Morgan fingerprint density at radius 1 is 1.02 bits per heavy atom. The van der Waals surface area contributed by atoms with Gasteiger partial charge in [0.2, 0.25) is 0 Å². The summed E-state index contributed by atoms with van der Waals surface area (Å²) < 4.78 is 31.8. The number of fused-ring (bicyclic) bond motifs is 4. The highest BCUT2D eigenvalue weighted by atomic mass is 16.7. The van der Waals surface area contributed by atoms with Gasteiger partial charge in [-0.25, -0.2) is 0 Å². The maximum atomic E-state index is 11.0. The summed E-state index contributed by atoms with van der Waals surface area (Å²) in [7, 11) is 1.79. The summed E-state index contributed by atoms with van der Waals surface area (Å²) in [5.41, 5.74) is 0.615. The van der Waals surface area contributed by atoms with Gasteiger partial charge >= 0.3 is 0 Å². The molecule has 5 saturated carbocycles. The lowest BCUT2D eigenvalue weighted by molar-refractivity contribution is -0.248. The van der Waals surface area contributed by atoms with E-state index in [1.807, 2.05) is 20.8 Å². The molecule has 2 spiro atoms. The Labute approximate surface area is 280 Å². The maximum Gasteiger partial charge on any atom is 0.170 e. The summed E-state index contributed by atoms with van der Waals surface area (Å²) in [5.74, 6) is 3.51. The second-order valence-electron chi connectivity index (χ2n) is 18.6. The van der Waals surface area contributed by atoms with Crippen molar-refractivity contribution < 1.29 is 28.8 Å². The van der Waals surface area contributed by atoms with Crippen LogP contribution in [0.2, 0.25) is 0 Å². The number of aliphatic hydroxyl groups is 1. The molecule has 0 amide bonds. The van der Waals surface area contributed by atoms with Crippen LogP contribution in [0.15, 0.2) is 0 Å². The monoisotopic (exact) mass is 645 g/mol. The van der Waals surface area contributed by atoms with Crippen LogP contribution in [-0.4, -0.2) is 92.4 Å². The van der Waals surface area contributed by atoms with Crippen molar-refractivity contribution in [2.24, 2.45) is 51.2 Å². The fourth-order valence-electron chi connectivity index (χ4n) is 13.9. The first-order valence-electron chi connectivity index (χ1n) is 19.2. The van der Waals surface area contributed by atoms with Crippen LogP contribution >= 0.6 is 0 Å². The van der Waals surface area contributed by atoms with Gasteiger partial charge in [0, 0.05) is 32.8 Å². The summed E-state index contributed by atoms with van der Waals surface area (Å²) in [6.45, 7) is 22.1. The molecule has 7 aliphatic rings. The average molecular weight is 646 g/mol. The van der Waals surface area contributed by atoms with Gasteiger partial charge in [-0.15, -0.1) is 0 Å². The van der Waals surface area contributed by atoms with Crippen molar-refractivity contribution >= 4 is 0 Å². The van der Waals surface area contributed by atoms with Crippen LogP contribution in [0.3, 0.4) is 0 Å². The fourth-order valence-corrected chi connectivity index (χ4v) is 13.9. The molecule has 0 bridgehead atoms. The van der Waals surface area contributed by atoms with E-state index in [0.29, 0.717) is 46.8 Å². The standard InChI is InChI=1S/C39H67NO6/c1-10-43-34(36(6,7)41)29-19-24(2)33-28(45-29)20-27-26-11-12-30-35(4,5)31(46-32-21-40(17-18-44-32)25(3)22-42-9)13-14-39(30)23-38(26,39)16-15-37(27,33)8/h24-34,41H,10-23H2,1-9H3/t24-,25+,26?,27?,28?,29?,30+,31+,32?,33+,34+,37+,38?,39-/m1/s1. The van der Waals surface area contributed by atoms with Gasteiger partial charge in [-0.05, 0) is 137 Å². The third-order valence-electron chi connectivity index (χ3n) is 15.7. The zero-order valence-electron chi connectivity index (χ0n) is 30.7. The molecular formula is C39H67NO6. The molecule has 2 heterocycles. The van der Waals surface area contributed by atoms with Crippen molar-refractivity contribution in [1.82, 2.24) is 4.90 Å². The minimum absolute atomic E-state index is 0.0311. The first-order valence-corrected chi connectivity index (χ1v) is 19.2. The number of hydrogen-bond acceptors (Lipinski definition) is 7. The van der Waals surface area contributed by atoms with Crippen molar-refractivity contribution in [3.8, 4) is 0 Å². The number of ether oxygens (including phenoxy) is 5. The van der Waals surface area contributed by atoms with Crippen LogP contribution in [0.5, 0.6) is 0 Å². The van der Waals surface area contributed by atoms with Gasteiger partial charge in [-0.1, -0.05) is 27.7 Å². The van der Waals surface area contributed by atoms with Gasteiger partial charge in [0.25, 0.3) is 0 Å². The number of rotatable bonds is 9. The molecule has 7 heteroatoms. The van der Waals surface area contributed by atoms with Crippen LogP contribution in [0.25, 0.3) is 0 Å². The predicted octanol–water partition coefficient (Wildman–Crippen LogP) is 6.69. The van der Waals surface area contributed by atoms with E-state index < -0.39 is 5.60 Å². The van der Waals surface area contributed by atoms with Gasteiger partial charge in [0.1, 0.15) is 6.10 Å². The molecule has 1 N–H and O–H groups in total. The largest absolute Gasteiger partial charge is 0.388 e. The van der Waals surface area contributed by atoms with E-state index in [0.717, 1.165) is 56.9 Å². The molecule has 0 radical (unpaired) electrons. The Kier molecular flexibility index (Phi) is 8.85. The van der Waals surface area contributed by atoms with E-state index in [1.54, 1.807) is 7.11 Å². The second kappa shape index (κ2) is 11.9. The fraction of sp³-hybridized carbons (Fsp3) is 1.00. The molecule has 7 rings (SSSR count). The van der Waals surface area contributed by atoms with Crippen LogP contribution in [0.4, 0.5) is 0 Å². The van der Waals surface area contributed by atoms with Gasteiger partial charge < -0.3 is 28.8 Å². The molecule has 0 aromatic carbocycles. The highest BCUT2D eigenvalue weighted by Crippen LogP contribution is 2.87. The molecule has 46 heavy (non-hydrogen) atoms. The molecule has 0 aromatic heterocycles. The van der Waals surface area contributed by atoms with Gasteiger partial charge in [0.15, 0.2) is 6.29 Å². The lowest BCUT2D eigenvalue weighted by Crippen LogP contribution is -2.57. The average Bonchev–Trinajstić information content (AvgIpc) is 3.56. The molecule has 264 valence electrons. The number of hydrogen-bond donors (Lipinski definition) is 1. The van der Waals surface area contributed by atoms with E-state index in [9.17, 15) is 5.11 Å². The van der Waals surface area contributed by atoms with E-state index in [1.165, 1.54) is 44.9 Å². The molecule has 2 saturated heterocycles. The lowest BCUT2D eigenvalue weighted by atomic mass is 9.46. The Hall–Kier alpha value is -0.280.